The van der Waals surface area contributed by atoms with Gasteiger partial charge in [-0.15, -0.1) is 12.4 Å². The molecule has 7 heteroatoms. The highest BCUT2D eigenvalue weighted by atomic mass is 79.9. The molecule has 5 nitrogen and oxygen atoms in total. The number of carbonyl (C=O) groups excluding carboxylic acids is 1. The van der Waals surface area contributed by atoms with E-state index in [0.717, 1.165) is 13.0 Å². The molecule has 0 aliphatic carbocycles. The molecule has 22 heavy (non-hydrogen) atoms. The molecule has 1 aliphatic rings. The Hall–Kier alpha value is -0.980. The Morgan fingerprint density at radius 1 is 1.50 bits per heavy atom. The maximum absolute atomic E-state index is 12.2. The number of halogens is 2. The predicted molar refractivity (Wildman–Crippen MR) is 92.5 cm³/mol. The van der Waals surface area contributed by atoms with Crippen LogP contribution < -0.4 is 20.1 Å². The minimum atomic E-state index is -0.106. The SMILES string of the molecule is CCOc1c(Br)cc(C(=O)NCC2CCCN2)cc1OC.Cl. The van der Waals surface area contributed by atoms with Crippen molar-refractivity contribution in [3.8, 4) is 11.5 Å². The molecule has 2 rings (SSSR count). The average Bonchev–Trinajstić information content (AvgIpc) is 3.00. The van der Waals surface area contributed by atoms with Crippen molar-refractivity contribution < 1.29 is 14.3 Å². The van der Waals surface area contributed by atoms with Crippen LogP contribution in [-0.2, 0) is 0 Å². The minimum Gasteiger partial charge on any atom is -0.493 e. The Kier molecular flexibility index (Phi) is 8.00. The first-order valence-corrected chi connectivity index (χ1v) is 7.97. The largest absolute Gasteiger partial charge is 0.493 e. The first kappa shape index (κ1) is 19.1. The topological polar surface area (TPSA) is 59.6 Å². The maximum atomic E-state index is 12.2. The first-order chi connectivity index (χ1) is 10.2. The maximum Gasteiger partial charge on any atom is 0.251 e. The number of methoxy groups -OCH3 is 1. The van der Waals surface area contributed by atoms with Crippen molar-refractivity contribution in [1.82, 2.24) is 10.6 Å². The highest BCUT2D eigenvalue weighted by molar-refractivity contribution is 9.10. The second kappa shape index (κ2) is 9.22. The summed E-state index contributed by atoms with van der Waals surface area (Å²) in [5, 5.41) is 6.31. The predicted octanol–water partition coefficient (Wildman–Crippen LogP) is 2.76. The molecule has 1 saturated heterocycles. The van der Waals surface area contributed by atoms with E-state index in [-0.39, 0.29) is 18.3 Å². The Labute approximate surface area is 145 Å². The summed E-state index contributed by atoms with van der Waals surface area (Å²) in [6, 6.07) is 3.83. The highest BCUT2D eigenvalue weighted by Gasteiger charge is 2.18. The molecule has 1 aromatic rings. The van der Waals surface area contributed by atoms with Crippen LogP contribution >= 0.6 is 28.3 Å². The number of nitrogens with one attached hydrogen (secondary N) is 2. The van der Waals surface area contributed by atoms with E-state index < -0.39 is 0 Å². The summed E-state index contributed by atoms with van der Waals surface area (Å²) in [5.74, 6) is 1.06. The molecule has 1 atom stereocenters. The summed E-state index contributed by atoms with van der Waals surface area (Å²) in [4.78, 5) is 12.2. The van der Waals surface area contributed by atoms with Gasteiger partial charge in [0.1, 0.15) is 0 Å². The molecular weight excluding hydrogens is 372 g/mol. The first-order valence-electron chi connectivity index (χ1n) is 7.17. The summed E-state index contributed by atoms with van der Waals surface area (Å²) >= 11 is 3.43. The van der Waals surface area contributed by atoms with Crippen molar-refractivity contribution in [2.45, 2.75) is 25.8 Å². The third-order valence-corrected chi connectivity index (χ3v) is 4.04. The number of hydrogen-bond donors (Lipinski definition) is 2. The fourth-order valence-corrected chi connectivity index (χ4v) is 2.94. The van der Waals surface area contributed by atoms with E-state index in [2.05, 4.69) is 26.6 Å². The second-order valence-corrected chi connectivity index (χ2v) is 5.78. The molecule has 2 N–H and O–H groups in total. The zero-order valence-electron chi connectivity index (χ0n) is 12.8. The van der Waals surface area contributed by atoms with E-state index in [1.165, 1.54) is 6.42 Å². The van der Waals surface area contributed by atoms with Gasteiger partial charge in [-0.05, 0) is 54.4 Å². The zero-order valence-corrected chi connectivity index (χ0v) is 15.2. The third-order valence-electron chi connectivity index (χ3n) is 3.45. The van der Waals surface area contributed by atoms with Crippen molar-refractivity contribution in [3.05, 3.63) is 22.2 Å². The van der Waals surface area contributed by atoms with Gasteiger partial charge in [0.15, 0.2) is 11.5 Å². The van der Waals surface area contributed by atoms with Crippen LogP contribution in [0.3, 0.4) is 0 Å². The molecule has 0 saturated carbocycles. The lowest BCUT2D eigenvalue weighted by atomic mass is 10.1. The van der Waals surface area contributed by atoms with Crippen LogP contribution in [0.5, 0.6) is 11.5 Å². The van der Waals surface area contributed by atoms with Gasteiger partial charge in [-0.2, -0.15) is 0 Å². The summed E-state index contributed by atoms with van der Waals surface area (Å²) in [6.07, 6.45) is 2.28. The molecule has 1 aliphatic heterocycles. The van der Waals surface area contributed by atoms with E-state index in [0.29, 0.717) is 40.7 Å². The van der Waals surface area contributed by atoms with Gasteiger partial charge in [-0.25, -0.2) is 0 Å². The monoisotopic (exact) mass is 392 g/mol. The Bertz CT molecular complexity index is 508. The zero-order chi connectivity index (χ0) is 15.2. The van der Waals surface area contributed by atoms with Gasteiger partial charge >= 0.3 is 0 Å². The van der Waals surface area contributed by atoms with E-state index in [1.807, 2.05) is 6.92 Å². The number of benzene rings is 1. The van der Waals surface area contributed by atoms with Crippen LogP contribution in [0.4, 0.5) is 0 Å². The van der Waals surface area contributed by atoms with Crippen molar-refractivity contribution in [2.75, 3.05) is 26.8 Å². The lowest BCUT2D eigenvalue weighted by molar-refractivity contribution is 0.0950. The Balaban J connectivity index is 0.00000242. The standard InChI is InChI=1S/C15H21BrN2O3.ClH/c1-3-21-14-12(16)7-10(8-13(14)20-2)15(19)18-9-11-5-4-6-17-11;/h7-8,11,17H,3-6,9H2,1-2H3,(H,18,19);1H. The Morgan fingerprint density at radius 3 is 2.86 bits per heavy atom. The van der Waals surface area contributed by atoms with Crippen LogP contribution in [0.25, 0.3) is 0 Å². The highest BCUT2D eigenvalue weighted by Crippen LogP contribution is 2.36. The molecular formula is C15H22BrClN2O3. The van der Waals surface area contributed by atoms with Crippen LogP contribution in [0.1, 0.15) is 30.1 Å². The lowest BCUT2D eigenvalue weighted by Gasteiger charge is -2.15. The van der Waals surface area contributed by atoms with E-state index in [9.17, 15) is 4.79 Å². The van der Waals surface area contributed by atoms with Crippen LogP contribution in [-0.4, -0.2) is 38.8 Å². The summed E-state index contributed by atoms with van der Waals surface area (Å²) in [5.41, 5.74) is 0.556. The average molecular weight is 394 g/mol. The molecule has 1 aromatic carbocycles. The molecule has 1 unspecified atom stereocenters. The molecule has 0 bridgehead atoms. The van der Waals surface area contributed by atoms with Gasteiger partial charge in [0.2, 0.25) is 0 Å². The summed E-state index contributed by atoms with van der Waals surface area (Å²) in [7, 11) is 1.56. The quantitative estimate of drug-likeness (QED) is 0.780. The molecule has 0 spiro atoms. The molecule has 1 fully saturated rings. The third kappa shape index (κ3) is 4.76. The smallest absolute Gasteiger partial charge is 0.251 e. The van der Waals surface area contributed by atoms with Crippen molar-refractivity contribution >= 4 is 34.2 Å². The summed E-state index contributed by atoms with van der Waals surface area (Å²) < 4.78 is 11.5. The molecule has 124 valence electrons. The number of rotatable bonds is 6. The Morgan fingerprint density at radius 2 is 2.27 bits per heavy atom. The normalized spacial score (nSPS) is 16.8. The molecule has 0 radical (unpaired) electrons. The molecule has 1 amide bonds. The summed E-state index contributed by atoms with van der Waals surface area (Å²) in [6.45, 7) is 4.11. The molecule has 0 aromatic heterocycles. The number of amides is 1. The van der Waals surface area contributed by atoms with E-state index in [4.69, 9.17) is 9.47 Å². The minimum absolute atomic E-state index is 0. The van der Waals surface area contributed by atoms with E-state index >= 15 is 0 Å². The fraction of sp³-hybridized carbons (Fsp3) is 0.533. The van der Waals surface area contributed by atoms with E-state index in [1.54, 1.807) is 19.2 Å². The van der Waals surface area contributed by atoms with Crippen LogP contribution in [0.15, 0.2) is 16.6 Å². The van der Waals surface area contributed by atoms with Gasteiger partial charge in [0, 0.05) is 18.2 Å². The fourth-order valence-electron chi connectivity index (χ4n) is 2.38. The lowest BCUT2D eigenvalue weighted by Crippen LogP contribution is -2.37. The number of hydrogen-bond acceptors (Lipinski definition) is 4. The molecule has 1 heterocycles. The number of carbonyl (C=O) groups is 1. The second-order valence-electron chi connectivity index (χ2n) is 4.93. The van der Waals surface area contributed by atoms with Crippen molar-refractivity contribution in [3.63, 3.8) is 0 Å². The number of ether oxygens (including phenoxy) is 2. The van der Waals surface area contributed by atoms with Gasteiger partial charge < -0.3 is 20.1 Å². The van der Waals surface area contributed by atoms with Gasteiger partial charge in [0.05, 0.1) is 18.2 Å². The van der Waals surface area contributed by atoms with Crippen molar-refractivity contribution in [1.29, 1.82) is 0 Å². The van der Waals surface area contributed by atoms with Crippen molar-refractivity contribution in [2.24, 2.45) is 0 Å². The van der Waals surface area contributed by atoms with Gasteiger partial charge in [-0.3, -0.25) is 4.79 Å². The van der Waals surface area contributed by atoms with Gasteiger partial charge in [-0.1, -0.05) is 0 Å². The van der Waals surface area contributed by atoms with Crippen LogP contribution in [0.2, 0.25) is 0 Å². The van der Waals surface area contributed by atoms with Gasteiger partial charge in [0.25, 0.3) is 5.91 Å². The van der Waals surface area contributed by atoms with Crippen LogP contribution in [0, 0.1) is 0 Å².